The summed E-state index contributed by atoms with van der Waals surface area (Å²) in [4.78, 5) is 24.7. The molecule has 2 amide bonds. The van der Waals surface area contributed by atoms with Crippen molar-refractivity contribution in [2.75, 3.05) is 40.4 Å². The lowest BCUT2D eigenvalue weighted by Crippen LogP contribution is -2.48. The van der Waals surface area contributed by atoms with Gasteiger partial charge in [-0.15, -0.1) is 0 Å². The zero-order chi connectivity index (χ0) is 12.7. The number of hydrogen-bond donors (Lipinski definition) is 2. The van der Waals surface area contributed by atoms with Crippen LogP contribution in [0, 0.1) is 0 Å². The van der Waals surface area contributed by atoms with E-state index in [1.807, 2.05) is 4.90 Å². The first-order valence-electron chi connectivity index (χ1n) is 5.88. The number of hydrogen-bond acceptors (Lipinski definition) is 4. The van der Waals surface area contributed by atoms with Crippen LogP contribution in [0.2, 0.25) is 0 Å². The van der Waals surface area contributed by atoms with E-state index in [-0.39, 0.29) is 24.5 Å². The Morgan fingerprint density at radius 2 is 2.00 bits per heavy atom. The zero-order valence-corrected chi connectivity index (χ0v) is 10.5. The number of carbonyl (C=O) groups is 2. The highest BCUT2D eigenvalue weighted by atomic mass is 16.5. The van der Waals surface area contributed by atoms with Crippen LogP contribution in [0.25, 0.3) is 0 Å². The Labute approximate surface area is 102 Å². The molecule has 0 saturated carbocycles. The topological polar surface area (TPSA) is 70.7 Å². The van der Waals surface area contributed by atoms with Gasteiger partial charge < -0.3 is 20.3 Å². The Bertz CT molecular complexity index is 263. The van der Waals surface area contributed by atoms with Crippen LogP contribution in [0.3, 0.4) is 0 Å². The van der Waals surface area contributed by atoms with Gasteiger partial charge in [-0.25, -0.2) is 0 Å². The highest BCUT2D eigenvalue weighted by molar-refractivity contribution is 5.79. The molecule has 1 rings (SSSR count). The maximum atomic E-state index is 11.6. The summed E-state index contributed by atoms with van der Waals surface area (Å²) < 4.78 is 4.75. The lowest BCUT2D eigenvalue weighted by Gasteiger charge is -2.32. The minimum atomic E-state index is -0.0903. The molecule has 0 unspecified atom stereocenters. The van der Waals surface area contributed by atoms with Gasteiger partial charge in [0.2, 0.25) is 11.8 Å². The third-order valence-corrected chi connectivity index (χ3v) is 2.82. The largest absolute Gasteiger partial charge is 0.375 e. The summed E-state index contributed by atoms with van der Waals surface area (Å²) in [6, 6.07) is 0.163. The third-order valence-electron chi connectivity index (χ3n) is 2.82. The average molecular weight is 243 g/mol. The second-order valence-electron chi connectivity index (χ2n) is 4.19. The molecule has 0 aliphatic carbocycles. The van der Waals surface area contributed by atoms with Gasteiger partial charge in [-0.1, -0.05) is 0 Å². The van der Waals surface area contributed by atoms with Crippen LogP contribution in [0.5, 0.6) is 0 Å². The summed E-state index contributed by atoms with van der Waals surface area (Å²) in [5, 5.41) is 5.74. The molecule has 1 fully saturated rings. The molecule has 1 heterocycles. The number of amides is 2. The van der Waals surface area contributed by atoms with Gasteiger partial charge in [0.15, 0.2) is 0 Å². The second kappa shape index (κ2) is 7.24. The van der Waals surface area contributed by atoms with Gasteiger partial charge in [-0.3, -0.25) is 9.59 Å². The molecule has 0 aromatic rings. The highest BCUT2D eigenvalue weighted by Crippen LogP contribution is 2.10. The first-order chi connectivity index (χ1) is 8.17. The molecule has 1 aliphatic heterocycles. The number of likely N-dealkylation sites (tertiary alicyclic amines) is 1. The van der Waals surface area contributed by atoms with Crippen LogP contribution < -0.4 is 10.6 Å². The van der Waals surface area contributed by atoms with Crippen molar-refractivity contribution in [3.63, 3.8) is 0 Å². The second-order valence-corrected chi connectivity index (χ2v) is 4.19. The molecule has 98 valence electrons. The lowest BCUT2D eigenvalue weighted by atomic mass is 10.0. The maximum absolute atomic E-state index is 11.6. The van der Waals surface area contributed by atoms with E-state index >= 15 is 0 Å². The van der Waals surface area contributed by atoms with Gasteiger partial charge in [0, 0.05) is 26.2 Å². The predicted molar refractivity (Wildman–Crippen MR) is 63.5 cm³/mol. The molecule has 17 heavy (non-hydrogen) atoms. The van der Waals surface area contributed by atoms with Crippen LogP contribution in [-0.4, -0.2) is 63.2 Å². The quantitative estimate of drug-likeness (QED) is 0.647. The van der Waals surface area contributed by atoms with Crippen molar-refractivity contribution >= 4 is 11.8 Å². The molecule has 0 spiro atoms. The first-order valence-corrected chi connectivity index (χ1v) is 5.88. The van der Waals surface area contributed by atoms with Gasteiger partial charge >= 0.3 is 0 Å². The molecule has 1 saturated heterocycles. The van der Waals surface area contributed by atoms with Crippen molar-refractivity contribution in [3.8, 4) is 0 Å². The van der Waals surface area contributed by atoms with E-state index in [2.05, 4.69) is 10.6 Å². The van der Waals surface area contributed by atoms with Crippen molar-refractivity contribution in [2.24, 2.45) is 0 Å². The van der Waals surface area contributed by atoms with Crippen molar-refractivity contribution in [1.29, 1.82) is 0 Å². The standard InChI is InChI=1S/C11H21N3O3/c1-12-7-11(16)14-5-3-9(4-6-14)13-10(15)8-17-2/h9,12H,3-8H2,1-2H3,(H,13,15). The molecule has 2 N–H and O–H groups in total. The van der Waals surface area contributed by atoms with Crippen LogP contribution >= 0.6 is 0 Å². The summed E-state index contributed by atoms with van der Waals surface area (Å²) in [7, 11) is 3.26. The molecular weight excluding hydrogens is 222 g/mol. The summed E-state index contributed by atoms with van der Waals surface area (Å²) in [6.45, 7) is 1.89. The maximum Gasteiger partial charge on any atom is 0.246 e. The summed E-state index contributed by atoms with van der Waals surface area (Å²) in [5.41, 5.74) is 0. The van der Waals surface area contributed by atoms with E-state index < -0.39 is 0 Å². The molecule has 0 bridgehead atoms. The van der Waals surface area contributed by atoms with Crippen molar-refractivity contribution in [3.05, 3.63) is 0 Å². The normalized spacial score (nSPS) is 16.9. The summed E-state index contributed by atoms with van der Waals surface area (Å²) >= 11 is 0. The Kier molecular flexibility index (Phi) is 5.93. The summed E-state index contributed by atoms with van der Waals surface area (Å²) in [5.74, 6) is 0.0293. The first kappa shape index (κ1) is 13.9. The SMILES string of the molecule is CNCC(=O)N1CCC(NC(=O)COC)CC1. The minimum absolute atomic E-state index is 0.0903. The number of ether oxygens (including phenoxy) is 1. The predicted octanol–water partition coefficient (Wildman–Crippen LogP) is -1.04. The Morgan fingerprint density at radius 3 is 2.53 bits per heavy atom. The molecule has 0 radical (unpaired) electrons. The van der Waals surface area contributed by atoms with E-state index in [0.29, 0.717) is 19.6 Å². The van der Waals surface area contributed by atoms with E-state index in [1.165, 1.54) is 7.11 Å². The highest BCUT2D eigenvalue weighted by Gasteiger charge is 2.23. The number of nitrogens with one attached hydrogen (secondary N) is 2. The van der Waals surface area contributed by atoms with E-state index in [0.717, 1.165) is 12.8 Å². The molecule has 6 heteroatoms. The fraction of sp³-hybridized carbons (Fsp3) is 0.818. The van der Waals surface area contributed by atoms with Crippen LogP contribution in [-0.2, 0) is 14.3 Å². The smallest absolute Gasteiger partial charge is 0.246 e. The number of likely N-dealkylation sites (N-methyl/N-ethyl adjacent to an activating group) is 1. The molecule has 1 aliphatic rings. The Balaban J connectivity index is 2.26. The van der Waals surface area contributed by atoms with Crippen LogP contribution in [0.1, 0.15) is 12.8 Å². The zero-order valence-electron chi connectivity index (χ0n) is 10.5. The van der Waals surface area contributed by atoms with Crippen molar-refractivity contribution < 1.29 is 14.3 Å². The number of rotatable bonds is 5. The van der Waals surface area contributed by atoms with Gasteiger partial charge in [0.05, 0.1) is 6.54 Å². The van der Waals surface area contributed by atoms with E-state index in [1.54, 1.807) is 7.05 Å². The van der Waals surface area contributed by atoms with Gasteiger partial charge in [0.25, 0.3) is 0 Å². The Hall–Kier alpha value is -1.14. The van der Waals surface area contributed by atoms with Gasteiger partial charge in [0.1, 0.15) is 6.61 Å². The molecule has 0 aromatic carbocycles. The van der Waals surface area contributed by atoms with Crippen molar-refractivity contribution in [1.82, 2.24) is 15.5 Å². The summed E-state index contributed by atoms with van der Waals surface area (Å²) in [6.07, 6.45) is 1.62. The Morgan fingerprint density at radius 1 is 1.35 bits per heavy atom. The molecule has 6 nitrogen and oxygen atoms in total. The van der Waals surface area contributed by atoms with E-state index in [9.17, 15) is 9.59 Å². The number of piperidine rings is 1. The minimum Gasteiger partial charge on any atom is -0.375 e. The van der Waals surface area contributed by atoms with Crippen molar-refractivity contribution in [2.45, 2.75) is 18.9 Å². The van der Waals surface area contributed by atoms with Gasteiger partial charge in [-0.2, -0.15) is 0 Å². The number of nitrogens with zero attached hydrogens (tertiary/aromatic N) is 1. The van der Waals surface area contributed by atoms with E-state index in [4.69, 9.17) is 4.74 Å². The molecule has 0 atom stereocenters. The average Bonchev–Trinajstić information content (AvgIpc) is 2.30. The monoisotopic (exact) mass is 243 g/mol. The number of carbonyl (C=O) groups excluding carboxylic acids is 2. The fourth-order valence-electron chi connectivity index (χ4n) is 1.94. The lowest BCUT2D eigenvalue weighted by molar-refractivity contribution is -0.131. The molecular formula is C11H21N3O3. The number of methoxy groups -OCH3 is 1. The fourth-order valence-corrected chi connectivity index (χ4v) is 1.94. The van der Waals surface area contributed by atoms with Gasteiger partial charge in [-0.05, 0) is 19.9 Å². The third kappa shape index (κ3) is 4.70. The van der Waals surface area contributed by atoms with Crippen LogP contribution in [0.4, 0.5) is 0 Å². The molecule has 0 aromatic heterocycles. The van der Waals surface area contributed by atoms with Crippen LogP contribution in [0.15, 0.2) is 0 Å².